The Hall–Kier alpha value is -1.46. The highest BCUT2D eigenvalue weighted by atomic mass is 32.2. The number of ether oxygens (including phenoxy) is 3. The smallest absolute Gasteiger partial charge is 0.131 e. The minimum absolute atomic E-state index is 0.221. The normalized spacial score (nSPS) is 13.9. The summed E-state index contributed by atoms with van der Waals surface area (Å²) in [5, 5.41) is 0. The third-order valence-corrected chi connectivity index (χ3v) is 6.13. The van der Waals surface area contributed by atoms with Crippen LogP contribution in [0.3, 0.4) is 0 Å². The molecule has 0 bridgehead atoms. The minimum Gasteiger partial charge on any atom is -0.496 e. The van der Waals surface area contributed by atoms with Gasteiger partial charge in [0.1, 0.15) is 17.2 Å². The van der Waals surface area contributed by atoms with E-state index in [9.17, 15) is 0 Å². The topological polar surface area (TPSA) is 27.7 Å². The molecule has 0 aromatic heterocycles. The first-order valence-corrected chi connectivity index (χ1v) is 8.25. The summed E-state index contributed by atoms with van der Waals surface area (Å²) in [4.78, 5) is 2.60. The number of rotatable bonds is 4. The molecule has 110 valence electrons. The average Bonchev–Trinajstić information content (AvgIpc) is 2.96. The first-order chi connectivity index (χ1) is 10.3. The summed E-state index contributed by atoms with van der Waals surface area (Å²) in [6.45, 7) is 0. The van der Waals surface area contributed by atoms with Gasteiger partial charge in [-0.2, -0.15) is 0 Å². The first kappa shape index (κ1) is 14.5. The van der Waals surface area contributed by atoms with Crippen molar-refractivity contribution < 1.29 is 14.2 Å². The van der Waals surface area contributed by atoms with Crippen molar-refractivity contribution in [3.8, 4) is 17.2 Å². The van der Waals surface area contributed by atoms with Crippen LogP contribution >= 0.6 is 23.5 Å². The molecule has 1 aliphatic rings. The molecule has 1 heterocycles. The van der Waals surface area contributed by atoms with Crippen molar-refractivity contribution in [3.63, 3.8) is 0 Å². The molecular weight excluding hydrogens is 304 g/mol. The van der Waals surface area contributed by atoms with Gasteiger partial charge < -0.3 is 14.2 Å². The summed E-state index contributed by atoms with van der Waals surface area (Å²) in [5.41, 5.74) is 1.06. The molecule has 0 saturated heterocycles. The quantitative estimate of drug-likeness (QED) is 0.820. The monoisotopic (exact) mass is 320 g/mol. The van der Waals surface area contributed by atoms with Crippen molar-refractivity contribution in [1.82, 2.24) is 0 Å². The van der Waals surface area contributed by atoms with E-state index < -0.39 is 0 Å². The lowest BCUT2D eigenvalue weighted by Gasteiger charge is -2.18. The van der Waals surface area contributed by atoms with Gasteiger partial charge in [0.2, 0.25) is 0 Å². The first-order valence-electron chi connectivity index (χ1n) is 6.49. The van der Waals surface area contributed by atoms with Crippen LogP contribution in [0, 0.1) is 0 Å². The second kappa shape index (κ2) is 6.12. The van der Waals surface area contributed by atoms with Gasteiger partial charge in [-0.15, -0.1) is 23.5 Å². The predicted molar refractivity (Wildman–Crippen MR) is 87.0 cm³/mol. The molecule has 5 heteroatoms. The average molecular weight is 320 g/mol. The van der Waals surface area contributed by atoms with Crippen molar-refractivity contribution >= 4 is 23.5 Å². The van der Waals surface area contributed by atoms with Gasteiger partial charge in [-0.05, 0) is 12.1 Å². The van der Waals surface area contributed by atoms with Crippen LogP contribution in [0.15, 0.2) is 46.2 Å². The van der Waals surface area contributed by atoms with Crippen molar-refractivity contribution in [2.45, 2.75) is 14.4 Å². The summed E-state index contributed by atoms with van der Waals surface area (Å²) in [5.74, 6) is 2.32. The molecule has 0 N–H and O–H groups in total. The third-order valence-electron chi connectivity index (χ3n) is 3.31. The van der Waals surface area contributed by atoms with Crippen LogP contribution < -0.4 is 14.2 Å². The molecule has 0 aliphatic carbocycles. The Morgan fingerprint density at radius 1 is 0.810 bits per heavy atom. The lowest BCUT2D eigenvalue weighted by Crippen LogP contribution is -1.99. The van der Waals surface area contributed by atoms with E-state index in [1.54, 1.807) is 21.3 Å². The Morgan fingerprint density at radius 3 is 1.76 bits per heavy atom. The van der Waals surface area contributed by atoms with E-state index in [2.05, 4.69) is 24.3 Å². The number of hydrogen-bond donors (Lipinski definition) is 0. The zero-order valence-electron chi connectivity index (χ0n) is 12.1. The molecule has 1 aliphatic heterocycles. The maximum Gasteiger partial charge on any atom is 0.131 e. The number of thioether (sulfide) groups is 2. The number of hydrogen-bond acceptors (Lipinski definition) is 5. The highest BCUT2D eigenvalue weighted by Gasteiger charge is 2.30. The van der Waals surface area contributed by atoms with Crippen LogP contribution in [0.2, 0.25) is 0 Å². The van der Waals surface area contributed by atoms with Crippen molar-refractivity contribution in [2.24, 2.45) is 0 Å². The molecule has 0 radical (unpaired) electrons. The van der Waals surface area contributed by atoms with E-state index in [0.717, 1.165) is 22.8 Å². The Balaban J connectivity index is 2.03. The highest BCUT2D eigenvalue weighted by Crippen LogP contribution is 2.60. The fourth-order valence-corrected chi connectivity index (χ4v) is 5.23. The van der Waals surface area contributed by atoms with E-state index in [1.165, 1.54) is 9.79 Å². The standard InChI is InChI=1S/C16H16O3S2/c1-17-10-8-11(18-2)15(12(9-10)19-3)16-20-13-6-4-5-7-14(13)21-16/h4-9,16H,1-3H3. The van der Waals surface area contributed by atoms with E-state index in [1.807, 2.05) is 35.7 Å². The van der Waals surface area contributed by atoms with Gasteiger partial charge in [0.15, 0.2) is 0 Å². The molecule has 0 saturated carbocycles. The maximum atomic E-state index is 5.55. The van der Waals surface area contributed by atoms with Crippen molar-refractivity contribution in [2.75, 3.05) is 21.3 Å². The maximum absolute atomic E-state index is 5.55. The molecule has 21 heavy (non-hydrogen) atoms. The van der Waals surface area contributed by atoms with Crippen LogP contribution in [0.4, 0.5) is 0 Å². The molecule has 0 amide bonds. The predicted octanol–water partition coefficient (Wildman–Crippen LogP) is 4.61. The number of methoxy groups -OCH3 is 3. The molecular formula is C16H16O3S2. The second-order valence-corrected chi connectivity index (χ2v) is 7.05. The summed E-state index contributed by atoms with van der Waals surface area (Å²) in [7, 11) is 4.99. The molecule has 3 nitrogen and oxygen atoms in total. The van der Waals surface area contributed by atoms with E-state index in [4.69, 9.17) is 14.2 Å². The number of fused-ring (bicyclic) bond motifs is 1. The lowest BCUT2D eigenvalue weighted by atomic mass is 10.2. The van der Waals surface area contributed by atoms with Gasteiger partial charge in [-0.3, -0.25) is 0 Å². The Bertz CT molecular complexity index is 608. The summed E-state index contributed by atoms with van der Waals surface area (Å²) < 4.78 is 16.6. The van der Waals surface area contributed by atoms with E-state index >= 15 is 0 Å². The van der Waals surface area contributed by atoms with Crippen LogP contribution in [0.25, 0.3) is 0 Å². The van der Waals surface area contributed by atoms with Crippen molar-refractivity contribution in [1.29, 1.82) is 0 Å². The van der Waals surface area contributed by atoms with Gasteiger partial charge in [0.25, 0.3) is 0 Å². The fraction of sp³-hybridized carbons (Fsp3) is 0.250. The largest absolute Gasteiger partial charge is 0.496 e. The minimum atomic E-state index is 0.221. The Morgan fingerprint density at radius 2 is 1.33 bits per heavy atom. The molecule has 2 aromatic carbocycles. The van der Waals surface area contributed by atoms with Gasteiger partial charge in [-0.25, -0.2) is 0 Å². The summed E-state index contributed by atoms with van der Waals surface area (Å²) in [6.07, 6.45) is 0. The van der Waals surface area contributed by atoms with Crippen LogP contribution in [-0.2, 0) is 0 Å². The molecule has 3 rings (SSSR count). The zero-order chi connectivity index (χ0) is 14.8. The molecule has 0 spiro atoms. The van der Waals surface area contributed by atoms with Crippen LogP contribution in [-0.4, -0.2) is 21.3 Å². The fourth-order valence-electron chi connectivity index (χ4n) is 2.28. The number of benzene rings is 2. The van der Waals surface area contributed by atoms with Gasteiger partial charge in [-0.1, -0.05) is 12.1 Å². The van der Waals surface area contributed by atoms with E-state index in [0.29, 0.717) is 0 Å². The Kier molecular flexibility index (Phi) is 4.22. The molecule has 2 aromatic rings. The molecule has 0 atom stereocenters. The third kappa shape index (κ3) is 2.68. The zero-order valence-corrected chi connectivity index (χ0v) is 13.7. The summed E-state index contributed by atoms with van der Waals surface area (Å²) >= 11 is 3.65. The SMILES string of the molecule is COc1cc(OC)c(C2Sc3ccccc3S2)c(OC)c1. The van der Waals surface area contributed by atoms with Crippen LogP contribution in [0.5, 0.6) is 17.2 Å². The lowest BCUT2D eigenvalue weighted by molar-refractivity contribution is 0.370. The van der Waals surface area contributed by atoms with Gasteiger partial charge in [0, 0.05) is 21.9 Å². The summed E-state index contributed by atoms with van der Waals surface area (Å²) in [6, 6.07) is 12.2. The Labute approximate surface area is 133 Å². The van der Waals surface area contributed by atoms with Gasteiger partial charge in [0.05, 0.1) is 31.5 Å². The van der Waals surface area contributed by atoms with Gasteiger partial charge >= 0.3 is 0 Å². The van der Waals surface area contributed by atoms with E-state index in [-0.39, 0.29) is 4.58 Å². The van der Waals surface area contributed by atoms with Crippen LogP contribution in [0.1, 0.15) is 10.1 Å². The highest BCUT2D eigenvalue weighted by molar-refractivity contribution is 8.19. The molecule has 0 fully saturated rings. The second-order valence-electron chi connectivity index (χ2n) is 4.46. The van der Waals surface area contributed by atoms with Crippen molar-refractivity contribution in [3.05, 3.63) is 42.0 Å². The molecule has 0 unspecified atom stereocenters.